The first kappa shape index (κ1) is 20.2. The number of hydrogen-bond donors (Lipinski definition) is 1. The van der Waals surface area contributed by atoms with Crippen LogP contribution in [-0.2, 0) is 25.8 Å². The summed E-state index contributed by atoms with van der Waals surface area (Å²) in [6.07, 6.45) is 3.09. The molecule has 0 aromatic carbocycles. The van der Waals surface area contributed by atoms with Gasteiger partial charge in [0.2, 0.25) is 18.1 Å². The summed E-state index contributed by atoms with van der Waals surface area (Å²) in [6.45, 7) is 10.8. The molecular weight excluding hydrogens is 356 g/mol. The van der Waals surface area contributed by atoms with Crippen LogP contribution in [-0.4, -0.2) is 32.8 Å². The zero-order chi connectivity index (χ0) is 19.5. The summed E-state index contributed by atoms with van der Waals surface area (Å²) in [4.78, 5) is 35.4. The number of rotatable bonds is 5. The maximum absolute atomic E-state index is 11.9. The molecule has 0 aliphatic rings. The van der Waals surface area contributed by atoms with Gasteiger partial charge in [0.05, 0.1) is 10.8 Å². The highest BCUT2D eigenvalue weighted by molar-refractivity contribution is 7.99. The van der Waals surface area contributed by atoms with Crippen LogP contribution in [0, 0.1) is 10.8 Å². The Hall–Kier alpha value is -2.16. The number of imidazole rings is 1. The monoisotopic (exact) mass is 381 g/mol. The minimum Gasteiger partial charge on any atom is -0.454 e. The molecule has 0 radical (unpaired) electrons. The molecule has 9 heteroatoms. The van der Waals surface area contributed by atoms with Crippen LogP contribution >= 0.6 is 11.8 Å². The predicted molar refractivity (Wildman–Crippen MR) is 95.9 cm³/mol. The molecule has 0 saturated carbocycles. The maximum Gasteiger partial charge on any atom is 0.313 e. The van der Waals surface area contributed by atoms with Crippen molar-refractivity contribution in [3.63, 3.8) is 0 Å². The van der Waals surface area contributed by atoms with Crippen LogP contribution in [0.3, 0.4) is 0 Å². The number of ether oxygens (including phenoxy) is 2. The fourth-order valence-electron chi connectivity index (χ4n) is 1.81. The third kappa shape index (κ3) is 4.94. The molecule has 2 aromatic rings. The molecule has 1 N–H and O–H groups in total. The lowest BCUT2D eigenvalue weighted by atomic mass is 9.97. The Balaban J connectivity index is 2.07. The number of nitrogens with one attached hydrogen (secondary N) is 1. The van der Waals surface area contributed by atoms with Gasteiger partial charge in [0.25, 0.3) is 5.65 Å². The Morgan fingerprint density at radius 2 is 1.69 bits per heavy atom. The Morgan fingerprint density at radius 3 is 2.31 bits per heavy atom. The molecule has 2 heterocycles. The number of aromatic nitrogens is 4. The molecule has 142 valence electrons. The minimum atomic E-state index is -0.578. The van der Waals surface area contributed by atoms with E-state index in [4.69, 9.17) is 9.47 Å². The van der Waals surface area contributed by atoms with Crippen molar-refractivity contribution in [2.45, 2.75) is 53.3 Å². The fraction of sp³-hybridized carbons (Fsp3) is 0.588. The van der Waals surface area contributed by atoms with Crippen LogP contribution in [0.25, 0.3) is 11.2 Å². The zero-order valence-corrected chi connectivity index (χ0v) is 16.8. The Kier molecular flexibility index (Phi) is 5.90. The molecule has 0 bridgehead atoms. The summed E-state index contributed by atoms with van der Waals surface area (Å²) >= 11 is 1.29. The first-order chi connectivity index (χ1) is 12.0. The average molecular weight is 381 g/mol. The molecule has 0 fully saturated rings. The fourth-order valence-corrected chi connectivity index (χ4v) is 2.50. The number of aromatic amines is 1. The van der Waals surface area contributed by atoms with E-state index in [0.29, 0.717) is 16.2 Å². The van der Waals surface area contributed by atoms with Crippen LogP contribution in [0.15, 0.2) is 17.7 Å². The molecule has 0 saturated heterocycles. The number of esters is 2. The number of thioether (sulfide) groups is 1. The van der Waals surface area contributed by atoms with Crippen molar-refractivity contribution in [3.8, 4) is 0 Å². The molecule has 0 atom stereocenters. The number of hydrogen-bond acceptors (Lipinski definition) is 7. The number of H-pyrrole nitrogens is 1. The molecule has 0 spiro atoms. The molecule has 8 nitrogen and oxygen atoms in total. The molecule has 0 unspecified atom stereocenters. The van der Waals surface area contributed by atoms with E-state index < -0.39 is 10.8 Å². The van der Waals surface area contributed by atoms with Crippen LogP contribution in [0.2, 0.25) is 0 Å². The van der Waals surface area contributed by atoms with Gasteiger partial charge < -0.3 is 14.5 Å². The lowest BCUT2D eigenvalue weighted by Gasteiger charge is -2.16. The van der Waals surface area contributed by atoms with E-state index in [1.165, 1.54) is 11.8 Å². The maximum atomic E-state index is 11.9. The molecule has 0 amide bonds. The van der Waals surface area contributed by atoms with Crippen LogP contribution < -0.4 is 4.57 Å². The minimum absolute atomic E-state index is 0.0222. The van der Waals surface area contributed by atoms with Crippen molar-refractivity contribution in [2.75, 3.05) is 5.94 Å². The summed E-state index contributed by atoms with van der Waals surface area (Å²) < 4.78 is 12.2. The SMILES string of the molecule is CC(C)(C)C(=O)OCSc1nc[n+](COC(=O)C(C)(C)C)c2nc[nH]c12. The van der Waals surface area contributed by atoms with Crippen molar-refractivity contribution in [1.82, 2.24) is 15.0 Å². The predicted octanol–water partition coefficient (Wildman–Crippen LogP) is 2.43. The van der Waals surface area contributed by atoms with Gasteiger partial charge in [-0.25, -0.2) is 0 Å². The van der Waals surface area contributed by atoms with E-state index in [1.807, 2.05) is 0 Å². The van der Waals surface area contributed by atoms with E-state index in [1.54, 1.807) is 58.8 Å². The van der Waals surface area contributed by atoms with E-state index in [0.717, 1.165) is 0 Å². The highest BCUT2D eigenvalue weighted by Gasteiger charge is 2.26. The second kappa shape index (κ2) is 7.61. The molecular formula is C17H25N4O4S+. The van der Waals surface area contributed by atoms with Gasteiger partial charge in [-0.3, -0.25) is 9.59 Å². The van der Waals surface area contributed by atoms with Gasteiger partial charge in [0, 0.05) is 0 Å². The quantitative estimate of drug-likeness (QED) is 0.279. The highest BCUT2D eigenvalue weighted by atomic mass is 32.2. The van der Waals surface area contributed by atoms with Crippen molar-refractivity contribution in [3.05, 3.63) is 12.7 Å². The first-order valence-electron chi connectivity index (χ1n) is 8.19. The topological polar surface area (TPSA) is 98.1 Å². The van der Waals surface area contributed by atoms with E-state index in [2.05, 4.69) is 15.0 Å². The summed E-state index contributed by atoms with van der Waals surface area (Å²) in [5, 5.41) is 0.651. The zero-order valence-electron chi connectivity index (χ0n) is 16.0. The van der Waals surface area contributed by atoms with Gasteiger partial charge in [-0.2, -0.15) is 4.57 Å². The van der Waals surface area contributed by atoms with Gasteiger partial charge >= 0.3 is 11.9 Å². The molecule has 2 aromatic heterocycles. The Morgan fingerprint density at radius 1 is 1.08 bits per heavy atom. The van der Waals surface area contributed by atoms with Crippen molar-refractivity contribution < 1.29 is 23.6 Å². The van der Waals surface area contributed by atoms with Gasteiger partial charge in [0.1, 0.15) is 5.94 Å². The first-order valence-corrected chi connectivity index (χ1v) is 9.17. The molecule has 2 rings (SSSR count). The van der Waals surface area contributed by atoms with Crippen LogP contribution in [0.1, 0.15) is 41.5 Å². The number of carbonyl (C=O) groups excluding carboxylic acids is 2. The second-order valence-corrected chi connectivity index (χ2v) is 8.79. The van der Waals surface area contributed by atoms with Crippen molar-refractivity contribution in [1.29, 1.82) is 0 Å². The highest BCUT2D eigenvalue weighted by Crippen LogP contribution is 2.23. The average Bonchev–Trinajstić information content (AvgIpc) is 3.01. The lowest BCUT2D eigenvalue weighted by Crippen LogP contribution is -2.39. The summed E-state index contributed by atoms with van der Waals surface area (Å²) in [6, 6.07) is 0. The summed E-state index contributed by atoms with van der Waals surface area (Å²) in [7, 11) is 0. The molecule has 0 aliphatic heterocycles. The normalized spacial score (nSPS) is 12.2. The van der Waals surface area contributed by atoms with E-state index in [-0.39, 0.29) is 24.6 Å². The molecule has 26 heavy (non-hydrogen) atoms. The van der Waals surface area contributed by atoms with Gasteiger partial charge in [-0.15, -0.1) is 4.98 Å². The Bertz CT molecular complexity index is 805. The largest absolute Gasteiger partial charge is 0.454 e. The number of carbonyl (C=O) groups is 2. The van der Waals surface area contributed by atoms with Gasteiger partial charge in [-0.05, 0) is 53.3 Å². The second-order valence-electron chi connectivity index (χ2n) is 7.88. The van der Waals surface area contributed by atoms with Gasteiger partial charge in [-0.1, -0.05) is 4.98 Å². The van der Waals surface area contributed by atoms with Crippen molar-refractivity contribution in [2.24, 2.45) is 10.8 Å². The number of fused-ring (bicyclic) bond motifs is 1. The smallest absolute Gasteiger partial charge is 0.313 e. The van der Waals surface area contributed by atoms with E-state index in [9.17, 15) is 9.59 Å². The van der Waals surface area contributed by atoms with E-state index >= 15 is 0 Å². The number of nitrogens with zero attached hydrogens (tertiary/aromatic N) is 3. The third-order valence-corrected chi connectivity index (χ3v) is 4.18. The molecule has 0 aliphatic carbocycles. The van der Waals surface area contributed by atoms with Gasteiger partial charge in [0.15, 0.2) is 11.8 Å². The third-order valence-electron chi connectivity index (χ3n) is 3.36. The van der Waals surface area contributed by atoms with Crippen LogP contribution in [0.4, 0.5) is 0 Å². The summed E-state index contributed by atoms with van der Waals surface area (Å²) in [5.41, 5.74) is 0.168. The summed E-state index contributed by atoms with van der Waals surface area (Å²) in [5.74, 6) is -0.424. The standard InChI is InChI=1S/C17H24N4O4S/c1-16(2,3)14(22)24-9-21-8-20-13(11-12(21)19-7-18-11)26-10-25-15(23)17(4,5)6/h7-8H,9-10H2,1-6H3/p+1. The Labute approximate surface area is 156 Å². The lowest BCUT2D eigenvalue weighted by molar-refractivity contribution is -0.708. The van der Waals surface area contributed by atoms with Crippen molar-refractivity contribution >= 4 is 34.9 Å². The van der Waals surface area contributed by atoms with Crippen LogP contribution in [0.5, 0.6) is 0 Å².